The van der Waals surface area contributed by atoms with Crippen molar-refractivity contribution in [2.24, 2.45) is 0 Å². The van der Waals surface area contributed by atoms with E-state index in [1.54, 1.807) is 11.9 Å². The molecule has 0 saturated heterocycles. The van der Waals surface area contributed by atoms with Crippen LogP contribution < -0.4 is 0 Å². The van der Waals surface area contributed by atoms with Gasteiger partial charge in [0.15, 0.2) is 5.12 Å². The molecule has 0 aromatic carbocycles. The number of hydrogen-bond donors (Lipinski definition) is 1. The van der Waals surface area contributed by atoms with Crippen LogP contribution in [0, 0.1) is 0 Å². The van der Waals surface area contributed by atoms with E-state index in [4.69, 9.17) is 0 Å². The third-order valence-electron chi connectivity index (χ3n) is 1.42. The highest BCUT2D eigenvalue weighted by Gasteiger charge is 2.01. The van der Waals surface area contributed by atoms with Crippen molar-refractivity contribution in [2.45, 2.75) is 19.8 Å². The summed E-state index contributed by atoms with van der Waals surface area (Å²) in [5.41, 5.74) is 0. The lowest BCUT2D eigenvalue weighted by atomic mass is 10.3. The van der Waals surface area contributed by atoms with Crippen LogP contribution in [0.5, 0.6) is 0 Å². The summed E-state index contributed by atoms with van der Waals surface area (Å²) in [5, 5.41) is -0.123. The van der Waals surface area contributed by atoms with Gasteiger partial charge in [0.1, 0.15) is 0 Å². The third-order valence-corrected chi connectivity index (χ3v) is 1.65. The Morgan fingerprint density at radius 3 is 2.36 bits per heavy atom. The van der Waals surface area contributed by atoms with Crippen LogP contribution >= 0.6 is 12.6 Å². The Labute approximate surface area is 72.2 Å². The molecule has 0 aliphatic rings. The van der Waals surface area contributed by atoms with Crippen molar-refractivity contribution in [1.29, 1.82) is 0 Å². The van der Waals surface area contributed by atoms with Crippen LogP contribution in [0.25, 0.3) is 0 Å². The molecular formula is C7H13NO2S. The number of hydrogen-bond acceptors (Lipinski definition) is 2. The molecule has 0 N–H and O–H groups in total. The monoisotopic (exact) mass is 175 g/mol. The van der Waals surface area contributed by atoms with Gasteiger partial charge >= 0.3 is 0 Å². The second kappa shape index (κ2) is 5.18. The van der Waals surface area contributed by atoms with Gasteiger partial charge in [-0.25, -0.2) is 0 Å². The second-order valence-electron chi connectivity index (χ2n) is 2.44. The summed E-state index contributed by atoms with van der Waals surface area (Å²) in [6, 6.07) is 0. The Morgan fingerprint density at radius 2 is 2.00 bits per heavy atom. The van der Waals surface area contributed by atoms with Crippen LogP contribution in [0.4, 0.5) is 0 Å². The minimum Gasteiger partial charge on any atom is -0.346 e. The SMILES string of the molecule is CC(=O)N(C)CCCC(=O)S. The maximum absolute atomic E-state index is 10.6. The van der Waals surface area contributed by atoms with Crippen LogP contribution in [0.3, 0.4) is 0 Å². The molecule has 0 aromatic heterocycles. The number of nitrogens with zero attached hydrogens (tertiary/aromatic N) is 1. The van der Waals surface area contributed by atoms with Crippen molar-refractivity contribution in [2.75, 3.05) is 13.6 Å². The minimum absolute atomic E-state index is 0.0246. The summed E-state index contributed by atoms with van der Waals surface area (Å²) in [5.74, 6) is 0.0246. The molecule has 0 bridgehead atoms. The minimum atomic E-state index is -0.123. The molecule has 11 heavy (non-hydrogen) atoms. The molecule has 0 atom stereocenters. The predicted octanol–water partition coefficient (Wildman–Crippen LogP) is 0.701. The van der Waals surface area contributed by atoms with Gasteiger partial charge in [0.2, 0.25) is 5.91 Å². The molecule has 0 aliphatic carbocycles. The van der Waals surface area contributed by atoms with Crippen molar-refractivity contribution in [1.82, 2.24) is 4.90 Å². The van der Waals surface area contributed by atoms with Gasteiger partial charge in [-0.1, -0.05) is 0 Å². The molecule has 0 heterocycles. The van der Waals surface area contributed by atoms with Crippen LogP contribution in [0.1, 0.15) is 19.8 Å². The maximum Gasteiger partial charge on any atom is 0.219 e. The topological polar surface area (TPSA) is 37.4 Å². The van der Waals surface area contributed by atoms with E-state index in [0.29, 0.717) is 19.4 Å². The fourth-order valence-electron chi connectivity index (χ4n) is 0.625. The summed E-state index contributed by atoms with van der Waals surface area (Å²) in [4.78, 5) is 22.6. The summed E-state index contributed by atoms with van der Waals surface area (Å²) in [6.45, 7) is 2.13. The van der Waals surface area contributed by atoms with Gasteiger partial charge in [-0.05, 0) is 6.42 Å². The van der Waals surface area contributed by atoms with Gasteiger partial charge in [0.05, 0.1) is 0 Å². The molecule has 1 amide bonds. The molecule has 0 rings (SSSR count). The Balaban J connectivity index is 3.39. The Kier molecular flexibility index (Phi) is 4.94. The van der Waals surface area contributed by atoms with Gasteiger partial charge in [-0.3, -0.25) is 9.59 Å². The average Bonchev–Trinajstić information content (AvgIpc) is 1.86. The van der Waals surface area contributed by atoms with Gasteiger partial charge in [0.25, 0.3) is 0 Å². The highest BCUT2D eigenvalue weighted by Crippen LogP contribution is 1.96. The highest BCUT2D eigenvalue weighted by atomic mass is 32.1. The first kappa shape index (κ1) is 10.5. The molecule has 3 nitrogen and oxygen atoms in total. The van der Waals surface area contributed by atoms with Crippen molar-refractivity contribution in [3.63, 3.8) is 0 Å². The van der Waals surface area contributed by atoms with Crippen LogP contribution in [-0.4, -0.2) is 29.5 Å². The van der Waals surface area contributed by atoms with Gasteiger partial charge in [0, 0.05) is 26.9 Å². The van der Waals surface area contributed by atoms with Crippen molar-refractivity contribution >= 4 is 23.7 Å². The van der Waals surface area contributed by atoms with Crippen LogP contribution in [0.2, 0.25) is 0 Å². The van der Waals surface area contributed by atoms with E-state index in [-0.39, 0.29) is 11.0 Å². The van der Waals surface area contributed by atoms with Crippen molar-refractivity contribution in [3.8, 4) is 0 Å². The van der Waals surface area contributed by atoms with Crippen molar-refractivity contribution < 1.29 is 9.59 Å². The number of carbonyl (C=O) groups excluding carboxylic acids is 2. The first-order chi connectivity index (χ1) is 5.04. The predicted molar refractivity (Wildman–Crippen MR) is 46.5 cm³/mol. The molecule has 0 aliphatic heterocycles. The third kappa shape index (κ3) is 5.91. The Hall–Kier alpha value is -0.510. The van der Waals surface area contributed by atoms with Crippen molar-refractivity contribution in [3.05, 3.63) is 0 Å². The van der Waals surface area contributed by atoms with E-state index in [1.807, 2.05) is 0 Å². The number of thiol groups is 1. The Morgan fingerprint density at radius 1 is 1.45 bits per heavy atom. The molecule has 0 saturated carbocycles. The zero-order valence-electron chi connectivity index (χ0n) is 6.83. The molecular weight excluding hydrogens is 162 g/mol. The Bertz CT molecular complexity index is 159. The van der Waals surface area contributed by atoms with Gasteiger partial charge in [-0.2, -0.15) is 0 Å². The zero-order chi connectivity index (χ0) is 8.85. The van der Waals surface area contributed by atoms with E-state index < -0.39 is 0 Å². The van der Waals surface area contributed by atoms with Gasteiger partial charge < -0.3 is 4.90 Å². The quantitative estimate of drug-likeness (QED) is 0.639. The molecule has 64 valence electrons. The second-order valence-corrected chi connectivity index (χ2v) is 2.94. The lowest BCUT2D eigenvalue weighted by Gasteiger charge is -2.13. The average molecular weight is 175 g/mol. The number of amides is 1. The normalized spacial score (nSPS) is 9.36. The number of carbonyl (C=O) groups is 2. The smallest absolute Gasteiger partial charge is 0.219 e. The summed E-state index contributed by atoms with van der Waals surface area (Å²) < 4.78 is 0. The van der Waals surface area contributed by atoms with E-state index in [2.05, 4.69) is 12.6 Å². The maximum atomic E-state index is 10.6. The first-order valence-corrected chi connectivity index (χ1v) is 3.92. The van der Waals surface area contributed by atoms with Gasteiger partial charge in [-0.15, -0.1) is 12.6 Å². The summed E-state index contributed by atoms with van der Waals surface area (Å²) in [7, 11) is 1.71. The fraction of sp³-hybridized carbons (Fsp3) is 0.714. The van der Waals surface area contributed by atoms with Crippen LogP contribution in [0.15, 0.2) is 0 Å². The van der Waals surface area contributed by atoms with E-state index in [1.165, 1.54) is 6.92 Å². The molecule has 4 heteroatoms. The van der Waals surface area contributed by atoms with Crippen LogP contribution in [-0.2, 0) is 9.59 Å². The first-order valence-electron chi connectivity index (χ1n) is 3.47. The molecule has 0 spiro atoms. The highest BCUT2D eigenvalue weighted by molar-refractivity contribution is 7.96. The lowest BCUT2D eigenvalue weighted by Crippen LogP contribution is -2.24. The fourth-order valence-corrected chi connectivity index (χ4v) is 0.783. The largest absolute Gasteiger partial charge is 0.346 e. The standard InChI is InChI=1S/C7H13NO2S/c1-6(9)8(2)5-3-4-7(10)11/h3-5H2,1-2H3,(H,10,11). The zero-order valence-corrected chi connectivity index (χ0v) is 7.73. The summed E-state index contributed by atoms with van der Waals surface area (Å²) >= 11 is 3.61. The lowest BCUT2D eigenvalue weighted by molar-refractivity contribution is -0.127. The molecule has 0 radical (unpaired) electrons. The molecule has 0 aromatic rings. The van der Waals surface area contributed by atoms with E-state index in [0.717, 1.165) is 0 Å². The van der Waals surface area contributed by atoms with E-state index in [9.17, 15) is 9.59 Å². The van der Waals surface area contributed by atoms with E-state index >= 15 is 0 Å². The molecule has 0 fully saturated rings. The molecule has 0 unspecified atom stereocenters. The summed E-state index contributed by atoms with van der Waals surface area (Å²) in [6.07, 6.45) is 1.12. The number of rotatable bonds is 4.